The normalized spacial score (nSPS) is 21.5. The van der Waals surface area contributed by atoms with Gasteiger partial charge in [-0.15, -0.1) is 0 Å². The first-order chi connectivity index (χ1) is 8.16. The molecule has 2 heterocycles. The molecule has 1 atom stereocenters. The molecule has 0 bridgehead atoms. The van der Waals surface area contributed by atoms with Crippen LogP contribution >= 0.6 is 27.5 Å². The molecule has 1 fully saturated rings. The Morgan fingerprint density at radius 1 is 1.59 bits per heavy atom. The van der Waals surface area contributed by atoms with Crippen LogP contribution in [-0.4, -0.2) is 36.1 Å². The van der Waals surface area contributed by atoms with E-state index in [1.54, 1.807) is 6.20 Å². The van der Waals surface area contributed by atoms with Crippen LogP contribution in [0, 0.1) is 0 Å². The van der Waals surface area contributed by atoms with Gasteiger partial charge in [-0.1, -0.05) is 18.0 Å². The molecule has 1 aliphatic rings. The van der Waals surface area contributed by atoms with Gasteiger partial charge in [-0.2, -0.15) is 0 Å². The van der Waals surface area contributed by atoms with Gasteiger partial charge in [0.1, 0.15) is 5.82 Å². The fraction of sp³-hybridized carbons (Fsp3) is 0.583. The molecule has 1 saturated heterocycles. The third-order valence-electron chi connectivity index (χ3n) is 3.23. The molecular formula is C12H17BrClN3. The summed E-state index contributed by atoms with van der Waals surface area (Å²) in [6, 6.07) is 2.47. The van der Waals surface area contributed by atoms with Crippen molar-refractivity contribution in [1.29, 1.82) is 0 Å². The van der Waals surface area contributed by atoms with Crippen LogP contribution in [0.1, 0.15) is 19.3 Å². The molecule has 0 spiro atoms. The number of rotatable bonds is 3. The highest BCUT2D eigenvalue weighted by molar-refractivity contribution is 9.10. The third-order valence-corrected chi connectivity index (χ3v) is 4.05. The summed E-state index contributed by atoms with van der Waals surface area (Å²) in [4.78, 5) is 6.70. The van der Waals surface area contributed by atoms with E-state index < -0.39 is 0 Å². The molecule has 17 heavy (non-hydrogen) atoms. The van der Waals surface area contributed by atoms with Gasteiger partial charge < -0.3 is 10.2 Å². The van der Waals surface area contributed by atoms with Crippen LogP contribution < -0.4 is 5.32 Å². The van der Waals surface area contributed by atoms with Crippen LogP contribution in [0.5, 0.6) is 0 Å². The van der Waals surface area contributed by atoms with Gasteiger partial charge in [0.05, 0.1) is 9.50 Å². The minimum absolute atomic E-state index is 0.605. The molecule has 0 amide bonds. The highest BCUT2D eigenvalue weighted by Crippen LogP contribution is 2.24. The fourth-order valence-corrected chi connectivity index (χ4v) is 2.94. The highest BCUT2D eigenvalue weighted by atomic mass is 79.9. The summed E-state index contributed by atoms with van der Waals surface area (Å²) in [5.74, 6) is 0.869. The van der Waals surface area contributed by atoms with E-state index in [2.05, 4.69) is 38.2 Å². The van der Waals surface area contributed by atoms with Gasteiger partial charge in [0.15, 0.2) is 0 Å². The SMILES string of the molecule is CN1CCCCC1CNc1ncc(Cl)cc1Br. The Balaban J connectivity index is 1.92. The average molecular weight is 319 g/mol. The lowest BCUT2D eigenvalue weighted by atomic mass is 10.0. The number of piperidine rings is 1. The summed E-state index contributed by atoms with van der Waals surface area (Å²) in [5.41, 5.74) is 0. The molecule has 3 nitrogen and oxygen atoms in total. The summed E-state index contributed by atoms with van der Waals surface area (Å²) >= 11 is 9.32. The zero-order valence-electron chi connectivity index (χ0n) is 9.92. The van der Waals surface area contributed by atoms with Crippen molar-refractivity contribution in [2.45, 2.75) is 25.3 Å². The smallest absolute Gasteiger partial charge is 0.140 e. The standard InChI is InChI=1S/C12H17BrClN3/c1-17-5-3-2-4-10(17)8-16-12-11(13)6-9(14)7-15-12/h6-7,10H,2-5,8H2,1H3,(H,15,16). The van der Waals surface area contributed by atoms with E-state index in [1.165, 1.54) is 25.8 Å². The number of aromatic nitrogens is 1. The molecule has 94 valence electrons. The summed E-state index contributed by atoms with van der Waals surface area (Å²) in [6.45, 7) is 2.13. The van der Waals surface area contributed by atoms with Gasteiger partial charge in [0.25, 0.3) is 0 Å². The predicted molar refractivity (Wildman–Crippen MR) is 75.7 cm³/mol. The van der Waals surface area contributed by atoms with Gasteiger partial charge in [-0.3, -0.25) is 0 Å². The fourth-order valence-electron chi connectivity index (χ4n) is 2.16. The van der Waals surface area contributed by atoms with Crippen LogP contribution in [0.3, 0.4) is 0 Å². The second-order valence-electron chi connectivity index (χ2n) is 4.50. The maximum Gasteiger partial charge on any atom is 0.140 e. The zero-order chi connectivity index (χ0) is 12.3. The summed E-state index contributed by atoms with van der Waals surface area (Å²) in [5, 5.41) is 4.03. The molecule has 1 aliphatic heterocycles. The lowest BCUT2D eigenvalue weighted by Gasteiger charge is -2.32. The number of likely N-dealkylation sites (tertiary alicyclic amines) is 1. The topological polar surface area (TPSA) is 28.2 Å². The molecule has 1 aromatic heterocycles. The Labute approximate surface area is 116 Å². The number of halogens is 2. The zero-order valence-corrected chi connectivity index (χ0v) is 12.3. The number of pyridine rings is 1. The summed E-state index contributed by atoms with van der Waals surface area (Å²) in [6.07, 6.45) is 5.57. The molecule has 0 radical (unpaired) electrons. The minimum atomic E-state index is 0.605. The molecule has 1 N–H and O–H groups in total. The molecule has 0 saturated carbocycles. The first-order valence-corrected chi connectivity index (χ1v) is 7.09. The van der Waals surface area contributed by atoms with E-state index >= 15 is 0 Å². The van der Waals surface area contributed by atoms with Gasteiger partial charge in [0.2, 0.25) is 0 Å². The molecular weight excluding hydrogens is 302 g/mol. The van der Waals surface area contributed by atoms with Crippen molar-refractivity contribution >= 4 is 33.3 Å². The number of nitrogens with zero attached hydrogens (tertiary/aromatic N) is 2. The van der Waals surface area contributed by atoms with Gasteiger partial charge >= 0.3 is 0 Å². The van der Waals surface area contributed by atoms with E-state index in [4.69, 9.17) is 11.6 Å². The van der Waals surface area contributed by atoms with Crippen LogP contribution in [0.2, 0.25) is 5.02 Å². The Kier molecular flexibility index (Phi) is 4.65. The second-order valence-corrected chi connectivity index (χ2v) is 5.79. The van der Waals surface area contributed by atoms with Gasteiger partial charge in [0, 0.05) is 18.8 Å². The molecule has 2 rings (SSSR count). The molecule has 1 unspecified atom stereocenters. The van der Waals surface area contributed by atoms with Crippen molar-refractivity contribution in [3.05, 3.63) is 21.8 Å². The van der Waals surface area contributed by atoms with Crippen molar-refractivity contribution in [2.24, 2.45) is 0 Å². The Hall–Kier alpha value is -0.320. The van der Waals surface area contributed by atoms with Crippen molar-refractivity contribution in [3.8, 4) is 0 Å². The predicted octanol–water partition coefficient (Wildman–Crippen LogP) is 3.39. The average Bonchev–Trinajstić information content (AvgIpc) is 2.30. The van der Waals surface area contributed by atoms with Crippen LogP contribution in [-0.2, 0) is 0 Å². The summed E-state index contributed by atoms with van der Waals surface area (Å²) < 4.78 is 0.920. The van der Waals surface area contributed by atoms with E-state index in [9.17, 15) is 0 Å². The largest absolute Gasteiger partial charge is 0.368 e. The van der Waals surface area contributed by atoms with E-state index in [-0.39, 0.29) is 0 Å². The summed E-state index contributed by atoms with van der Waals surface area (Å²) in [7, 11) is 2.19. The van der Waals surface area contributed by atoms with Gasteiger partial charge in [-0.05, 0) is 48.4 Å². The minimum Gasteiger partial charge on any atom is -0.368 e. The Morgan fingerprint density at radius 2 is 2.41 bits per heavy atom. The Morgan fingerprint density at radius 3 is 3.12 bits per heavy atom. The Bertz CT molecular complexity index is 386. The maximum absolute atomic E-state index is 5.86. The molecule has 1 aromatic rings. The van der Waals surface area contributed by atoms with Crippen molar-refractivity contribution in [1.82, 2.24) is 9.88 Å². The van der Waals surface area contributed by atoms with Crippen LogP contribution in [0.25, 0.3) is 0 Å². The number of nitrogens with one attached hydrogen (secondary N) is 1. The highest BCUT2D eigenvalue weighted by Gasteiger charge is 2.18. The number of hydrogen-bond acceptors (Lipinski definition) is 3. The molecule has 5 heteroatoms. The lowest BCUT2D eigenvalue weighted by Crippen LogP contribution is -2.40. The number of likely N-dealkylation sites (N-methyl/N-ethyl adjacent to an activating group) is 1. The van der Waals surface area contributed by atoms with Crippen molar-refractivity contribution < 1.29 is 0 Å². The first kappa shape index (κ1) is 13.1. The third kappa shape index (κ3) is 3.57. The number of hydrogen-bond donors (Lipinski definition) is 1. The monoisotopic (exact) mass is 317 g/mol. The first-order valence-electron chi connectivity index (χ1n) is 5.92. The second kappa shape index (κ2) is 6.03. The van der Waals surface area contributed by atoms with Crippen molar-refractivity contribution in [2.75, 3.05) is 25.5 Å². The van der Waals surface area contributed by atoms with Crippen LogP contribution in [0.4, 0.5) is 5.82 Å². The molecule has 0 aromatic carbocycles. The number of anilines is 1. The quantitative estimate of drug-likeness (QED) is 0.926. The van der Waals surface area contributed by atoms with Crippen molar-refractivity contribution in [3.63, 3.8) is 0 Å². The van der Waals surface area contributed by atoms with E-state index in [0.29, 0.717) is 11.1 Å². The molecule has 0 aliphatic carbocycles. The maximum atomic E-state index is 5.86. The van der Waals surface area contributed by atoms with Gasteiger partial charge in [-0.25, -0.2) is 4.98 Å². The van der Waals surface area contributed by atoms with E-state index in [0.717, 1.165) is 16.8 Å². The van der Waals surface area contributed by atoms with Crippen LogP contribution in [0.15, 0.2) is 16.7 Å². The van der Waals surface area contributed by atoms with E-state index in [1.807, 2.05) is 6.07 Å². The lowest BCUT2D eigenvalue weighted by molar-refractivity contribution is 0.194.